The van der Waals surface area contributed by atoms with Crippen molar-refractivity contribution in [2.75, 3.05) is 0 Å². The fourth-order valence-corrected chi connectivity index (χ4v) is 3.29. The van der Waals surface area contributed by atoms with Crippen LogP contribution in [0.2, 0.25) is 0 Å². The first-order valence-electron chi connectivity index (χ1n) is 6.41. The van der Waals surface area contributed by atoms with Gasteiger partial charge in [-0.05, 0) is 19.4 Å². The van der Waals surface area contributed by atoms with Gasteiger partial charge in [0.2, 0.25) is 11.2 Å². The third kappa shape index (κ3) is 1.81. The summed E-state index contributed by atoms with van der Waals surface area (Å²) < 4.78 is 2.14. The van der Waals surface area contributed by atoms with E-state index in [2.05, 4.69) is 41.6 Å². The summed E-state index contributed by atoms with van der Waals surface area (Å²) in [5.74, 6) is 0.426. The van der Waals surface area contributed by atoms with E-state index < -0.39 is 0 Å². The number of rotatable bonds is 2. The molecular formula is C16H16NOS+. The molecule has 1 aromatic heterocycles. The summed E-state index contributed by atoms with van der Waals surface area (Å²) in [6.45, 7) is 4.17. The van der Waals surface area contributed by atoms with Crippen molar-refractivity contribution in [1.82, 2.24) is 0 Å². The van der Waals surface area contributed by atoms with Gasteiger partial charge in [-0.1, -0.05) is 36.5 Å². The summed E-state index contributed by atoms with van der Waals surface area (Å²) in [4.78, 5) is 0. The average molecular weight is 270 g/mol. The maximum Gasteiger partial charge on any atom is 0.230 e. The lowest BCUT2D eigenvalue weighted by Gasteiger charge is -2.12. The van der Waals surface area contributed by atoms with Gasteiger partial charge >= 0.3 is 0 Å². The largest absolute Gasteiger partial charge is 0.507 e. The van der Waals surface area contributed by atoms with Gasteiger partial charge in [0.15, 0.2) is 6.20 Å². The zero-order valence-corrected chi connectivity index (χ0v) is 11.9. The fourth-order valence-electron chi connectivity index (χ4n) is 2.71. The number of hydrogen-bond acceptors (Lipinski definition) is 2. The van der Waals surface area contributed by atoms with Gasteiger partial charge in [0.1, 0.15) is 5.75 Å². The quantitative estimate of drug-likeness (QED) is 0.704. The highest BCUT2D eigenvalue weighted by Gasteiger charge is 2.21. The summed E-state index contributed by atoms with van der Waals surface area (Å²) in [5, 5.41) is 14.5. The third-order valence-corrected chi connectivity index (χ3v) is 4.24. The first-order valence-corrected chi connectivity index (χ1v) is 7.35. The summed E-state index contributed by atoms with van der Waals surface area (Å²) in [7, 11) is 0. The van der Waals surface area contributed by atoms with Crippen molar-refractivity contribution >= 4 is 22.1 Å². The van der Waals surface area contributed by atoms with Gasteiger partial charge in [0, 0.05) is 16.5 Å². The first kappa shape index (κ1) is 12.2. The Bertz CT molecular complexity index is 732. The Balaban J connectivity index is 2.49. The average Bonchev–Trinajstić information content (AvgIpc) is 2.93. The molecule has 2 nitrogen and oxygen atoms in total. The maximum atomic E-state index is 10.4. The second-order valence-electron chi connectivity index (χ2n) is 4.63. The van der Waals surface area contributed by atoms with Crippen LogP contribution in [0.4, 0.5) is 0 Å². The van der Waals surface area contributed by atoms with E-state index in [9.17, 15) is 5.11 Å². The molecule has 0 aliphatic rings. The highest BCUT2D eigenvalue weighted by atomic mass is 32.1. The molecule has 0 aliphatic carbocycles. The van der Waals surface area contributed by atoms with E-state index in [1.165, 1.54) is 5.69 Å². The van der Waals surface area contributed by atoms with E-state index in [1.54, 1.807) is 11.3 Å². The molecule has 19 heavy (non-hydrogen) atoms. The zero-order valence-electron chi connectivity index (χ0n) is 11.1. The maximum absolute atomic E-state index is 10.4. The lowest BCUT2D eigenvalue weighted by Crippen LogP contribution is -2.28. The van der Waals surface area contributed by atoms with Gasteiger partial charge in [-0.3, -0.25) is 0 Å². The molecule has 0 radical (unpaired) electrons. The van der Waals surface area contributed by atoms with Crippen LogP contribution in [0.1, 0.15) is 18.1 Å². The van der Waals surface area contributed by atoms with Crippen LogP contribution in [0.25, 0.3) is 16.5 Å². The van der Waals surface area contributed by atoms with Crippen molar-refractivity contribution in [3.8, 4) is 11.4 Å². The number of aromatic nitrogens is 1. The Labute approximate surface area is 116 Å². The Morgan fingerprint density at radius 1 is 1.21 bits per heavy atom. The van der Waals surface area contributed by atoms with Gasteiger partial charge in [0.05, 0.1) is 10.8 Å². The van der Waals surface area contributed by atoms with E-state index in [-0.39, 0.29) is 0 Å². The van der Waals surface area contributed by atoms with E-state index in [4.69, 9.17) is 0 Å². The molecule has 0 saturated heterocycles. The summed E-state index contributed by atoms with van der Waals surface area (Å²) >= 11 is 1.67. The molecule has 1 N–H and O–H groups in total. The SMILES string of the molecule is CCc1c(C)c(-[n+]2ccsc2)c2ccccc2c1O. The van der Waals surface area contributed by atoms with Crippen molar-refractivity contribution in [3.05, 3.63) is 52.5 Å². The van der Waals surface area contributed by atoms with Crippen LogP contribution in [0, 0.1) is 6.92 Å². The van der Waals surface area contributed by atoms with Gasteiger partial charge in [-0.25, -0.2) is 0 Å². The number of hydrogen-bond donors (Lipinski definition) is 1. The molecule has 3 rings (SSSR count). The monoisotopic (exact) mass is 270 g/mol. The van der Waals surface area contributed by atoms with Crippen LogP contribution in [-0.2, 0) is 6.42 Å². The predicted octanol–water partition coefficient (Wildman–Crippen LogP) is 3.75. The number of benzene rings is 2. The minimum absolute atomic E-state index is 0.426. The number of thiazole rings is 1. The van der Waals surface area contributed by atoms with Gasteiger partial charge in [-0.15, -0.1) is 0 Å². The molecule has 0 atom stereocenters. The lowest BCUT2D eigenvalue weighted by molar-refractivity contribution is -0.589. The smallest absolute Gasteiger partial charge is 0.230 e. The zero-order chi connectivity index (χ0) is 13.4. The first-order chi connectivity index (χ1) is 9.24. The molecule has 2 aromatic carbocycles. The number of phenolic OH excluding ortho intramolecular Hbond substituents is 1. The molecule has 0 bridgehead atoms. The molecule has 0 saturated carbocycles. The van der Waals surface area contributed by atoms with Crippen LogP contribution >= 0.6 is 11.3 Å². The predicted molar refractivity (Wildman–Crippen MR) is 79.1 cm³/mol. The van der Waals surface area contributed by atoms with Gasteiger partial charge in [0.25, 0.3) is 0 Å². The number of nitrogens with zero attached hydrogens (tertiary/aromatic N) is 1. The van der Waals surface area contributed by atoms with Crippen molar-refractivity contribution in [3.63, 3.8) is 0 Å². The normalized spacial score (nSPS) is 11.1. The van der Waals surface area contributed by atoms with E-state index in [1.807, 2.05) is 18.2 Å². The van der Waals surface area contributed by atoms with Gasteiger partial charge in [-0.2, -0.15) is 4.57 Å². The minimum Gasteiger partial charge on any atom is -0.507 e. The molecular weight excluding hydrogens is 254 g/mol. The summed E-state index contributed by atoms with van der Waals surface area (Å²) in [6, 6.07) is 8.04. The van der Waals surface area contributed by atoms with E-state index >= 15 is 0 Å². The van der Waals surface area contributed by atoms with Crippen molar-refractivity contribution < 1.29 is 9.67 Å². The highest BCUT2D eigenvalue weighted by Crippen LogP contribution is 2.35. The Morgan fingerprint density at radius 2 is 1.95 bits per heavy atom. The molecule has 0 fully saturated rings. The van der Waals surface area contributed by atoms with Crippen LogP contribution in [0.5, 0.6) is 5.75 Å². The fraction of sp³-hybridized carbons (Fsp3) is 0.188. The Hall–Kier alpha value is -1.87. The summed E-state index contributed by atoms with van der Waals surface area (Å²) in [5.41, 5.74) is 5.45. The van der Waals surface area contributed by atoms with Crippen molar-refractivity contribution in [1.29, 1.82) is 0 Å². The topological polar surface area (TPSA) is 24.1 Å². The molecule has 0 amide bonds. The standard InChI is InChI=1S/C16H15NOS/c1-3-12-11(2)15(17-8-9-19-10-17)13-6-4-5-7-14(13)16(12)18/h4-10H,3H2,1-2H3/p+1. The summed E-state index contributed by atoms with van der Waals surface area (Å²) in [6.07, 6.45) is 2.90. The van der Waals surface area contributed by atoms with Crippen LogP contribution in [0.15, 0.2) is 41.4 Å². The Morgan fingerprint density at radius 3 is 2.58 bits per heavy atom. The molecule has 3 heteroatoms. The van der Waals surface area contributed by atoms with Crippen LogP contribution < -0.4 is 4.57 Å². The molecule has 0 unspecified atom stereocenters. The second-order valence-corrected chi connectivity index (χ2v) is 5.39. The number of aromatic hydroxyl groups is 1. The van der Waals surface area contributed by atoms with Crippen molar-refractivity contribution in [2.45, 2.75) is 20.3 Å². The lowest BCUT2D eigenvalue weighted by atomic mass is 9.96. The molecule has 1 heterocycles. The third-order valence-electron chi connectivity index (χ3n) is 3.62. The van der Waals surface area contributed by atoms with Crippen LogP contribution in [-0.4, -0.2) is 5.11 Å². The minimum atomic E-state index is 0.426. The molecule has 96 valence electrons. The molecule has 0 aliphatic heterocycles. The van der Waals surface area contributed by atoms with E-state index in [0.717, 1.165) is 28.3 Å². The van der Waals surface area contributed by atoms with E-state index in [0.29, 0.717) is 5.75 Å². The number of phenols is 1. The molecule has 0 spiro atoms. The van der Waals surface area contributed by atoms with Gasteiger partial charge < -0.3 is 5.11 Å². The van der Waals surface area contributed by atoms with Crippen molar-refractivity contribution in [2.24, 2.45) is 0 Å². The highest BCUT2D eigenvalue weighted by molar-refractivity contribution is 7.07. The second kappa shape index (κ2) is 4.67. The Kier molecular flexibility index (Phi) is 2.99. The van der Waals surface area contributed by atoms with Crippen LogP contribution in [0.3, 0.4) is 0 Å². The number of fused-ring (bicyclic) bond motifs is 1. The molecule has 3 aromatic rings.